The summed E-state index contributed by atoms with van der Waals surface area (Å²) in [5.41, 5.74) is 2.28. The van der Waals surface area contributed by atoms with Crippen molar-refractivity contribution in [2.45, 2.75) is 52.4 Å². The standard InChI is InChI=1S/C16H24O4S/c1-6-11(2)9-15(17)10-20-21(18,19)16-13(4)7-12(3)8-14(16)5/h7-8,11H,6,9-10H2,1-5H3. The molecule has 0 amide bonds. The van der Waals surface area contributed by atoms with Gasteiger partial charge in [-0.05, 0) is 37.8 Å². The van der Waals surface area contributed by atoms with E-state index in [-0.39, 0.29) is 23.2 Å². The molecule has 4 nitrogen and oxygen atoms in total. The number of aryl methyl sites for hydroxylation is 3. The first-order chi connectivity index (χ1) is 9.67. The highest BCUT2D eigenvalue weighted by atomic mass is 32.2. The van der Waals surface area contributed by atoms with E-state index in [4.69, 9.17) is 4.18 Å². The topological polar surface area (TPSA) is 60.4 Å². The maximum absolute atomic E-state index is 12.3. The summed E-state index contributed by atoms with van der Waals surface area (Å²) in [7, 11) is -3.90. The minimum absolute atomic E-state index is 0.171. The molecule has 0 spiro atoms. The van der Waals surface area contributed by atoms with Crippen LogP contribution >= 0.6 is 0 Å². The Morgan fingerprint density at radius 1 is 1.19 bits per heavy atom. The Kier molecular flexibility index (Phi) is 6.10. The van der Waals surface area contributed by atoms with Crippen LogP contribution in [0.4, 0.5) is 0 Å². The summed E-state index contributed by atoms with van der Waals surface area (Å²) < 4.78 is 29.5. The largest absolute Gasteiger partial charge is 0.297 e. The Balaban J connectivity index is 2.86. The van der Waals surface area contributed by atoms with Gasteiger partial charge in [-0.3, -0.25) is 8.98 Å². The average Bonchev–Trinajstić information content (AvgIpc) is 2.34. The molecule has 0 aliphatic carbocycles. The number of benzene rings is 1. The summed E-state index contributed by atoms with van der Waals surface area (Å²) in [5, 5.41) is 0. The minimum atomic E-state index is -3.90. The van der Waals surface area contributed by atoms with Crippen molar-refractivity contribution < 1.29 is 17.4 Å². The van der Waals surface area contributed by atoms with Gasteiger partial charge in [-0.15, -0.1) is 0 Å². The van der Waals surface area contributed by atoms with Crippen LogP contribution in [-0.2, 0) is 19.1 Å². The number of Topliss-reactive ketones (excluding diaryl/α,β-unsaturated/α-hetero) is 1. The van der Waals surface area contributed by atoms with Crippen LogP contribution in [0.15, 0.2) is 17.0 Å². The monoisotopic (exact) mass is 312 g/mol. The summed E-state index contributed by atoms with van der Waals surface area (Å²) in [6, 6.07) is 3.59. The highest BCUT2D eigenvalue weighted by Crippen LogP contribution is 2.23. The molecule has 1 atom stereocenters. The van der Waals surface area contributed by atoms with Crippen LogP contribution < -0.4 is 0 Å². The second-order valence-electron chi connectivity index (χ2n) is 5.70. The zero-order valence-electron chi connectivity index (χ0n) is 13.4. The third kappa shape index (κ3) is 4.93. The molecule has 0 aliphatic rings. The molecule has 0 heterocycles. The Labute approximate surface area is 127 Å². The summed E-state index contributed by atoms with van der Waals surface area (Å²) in [6.45, 7) is 8.94. The zero-order valence-corrected chi connectivity index (χ0v) is 14.2. The van der Waals surface area contributed by atoms with Crippen LogP contribution in [0.25, 0.3) is 0 Å². The maximum Gasteiger partial charge on any atom is 0.297 e. The maximum atomic E-state index is 12.3. The van der Waals surface area contributed by atoms with Gasteiger partial charge < -0.3 is 0 Å². The van der Waals surface area contributed by atoms with E-state index in [1.54, 1.807) is 26.0 Å². The van der Waals surface area contributed by atoms with Crippen molar-refractivity contribution in [2.24, 2.45) is 5.92 Å². The third-order valence-corrected chi connectivity index (χ3v) is 5.07. The molecular weight excluding hydrogens is 288 g/mol. The molecule has 0 saturated carbocycles. The van der Waals surface area contributed by atoms with Gasteiger partial charge in [0.2, 0.25) is 0 Å². The molecule has 0 N–H and O–H groups in total. The van der Waals surface area contributed by atoms with Gasteiger partial charge >= 0.3 is 0 Å². The number of rotatable bonds is 7. The van der Waals surface area contributed by atoms with Crippen molar-refractivity contribution in [3.05, 3.63) is 28.8 Å². The first-order valence-corrected chi connectivity index (χ1v) is 8.57. The van der Waals surface area contributed by atoms with E-state index in [0.29, 0.717) is 17.5 Å². The molecule has 0 aliphatic heterocycles. The molecule has 1 rings (SSSR count). The van der Waals surface area contributed by atoms with Crippen molar-refractivity contribution in [3.63, 3.8) is 0 Å². The minimum Gasteiger partial charge on any atom is -0.297 e. The molecule has 1 aromatic rings. The van der Waals surface area contributed by atoms with Gasteiger partial charge in [0, 0.05) is 6.42 Å². The lowest BCUT2D eigenvalue weighted by Crippen LogP contribution is -2.17. The lowest BCUT2D eigenvalue weighted by atomic mass is 10.0. The third-order valence-electron chi connectivity index (χ3n) is 3.50. The number of hydrogen-bond donors (Lipinski definition) is 0. The smallest absolute Gasteiger partial charge is 0.297 e. The quantitative estimate of drug-likeness (QED) is 0.725. The van der Waals surface area contributed by atoms with Crippen LogP contribution in [0.1, 0.15) is 43.4 Å². The van der Waals surface area contributed by atoms with Crippen LogP contribution in [0.3, 0.4) is 0 Å². The first kappa shape index (κ1) is 17.9. The summed E-state index contributed by atoms with van der Waals surface area (Å²) >= 11 is 0. The Hall–Kier alpha value is -1.20. The predicted molar refractivity (Wildman–Crippen MR) is 82.9 cm³/mol. The number of carbonyl (C=O) groups is 1. The first-order valence-electron chi connectivity index (χ1n) is 7.16. The van der Waals surface area contributed by atoms with E-state index >= 15 is 0 Å². The molecule has 118 valence electrons. The highest BCUT2D eigenvalue weighted by molar-refractivity contribution is 7.86. The van der Waals surface area contributed by atoms with E-state index in [2.05, 4.69) is 0 Å². The van der Waals surface area contributed by atoms with Crippen molar-refractivity contribution in [2.75, 3.05) is 6.61 Å². The summed E-state index contributed by atoms with van der Waals surface area (Å²) in [5.74, 6) is 0.0574. The van der Waals surface area contributed by atoms with Crippen LogP contribution in [0.5, 0.6) is 0 Å². The SMILES string of the molecule is CCC(C)CC(=O)COS(=O)(=O)c1c(C)cc(C)cc1C. The molecule has 5 heteroatoms. The fourth-order valence-electron chi connectivity index (χ4n) is 2.36. The van der Waals surface area contributed by atoms with E-state index in [1.807, 2.05) is 20.8 Å². The van der Waals surface area contributed by atoms with Gasteiger partial charge in [0.05, 0.1) is 4.90 Å². The average molecular weight is 312 g/mol. The van der Waals surface area contributed by atoms with Crippen LogP contribution in [0.2, 0.25) is 0 Å². The second kappa shape index (κ2) is 7.18. The summed E-state index contributed by atoms with van der Waals surface area (Å²) in [6.07, 6.45) is 1.23. The van der Waals surface area contributed by atoms with Gasteiger partial charge in [-0.1, -0.05) is 38.0 Å². The Bertz CT molecular complexity index is 594. The van der Waals surface area contributed by atoms with E-state index in [9.17, 15) is 13.2 Å². The molecule has 21 heavy (non-hydrogen) atoms. The highest BCUT2D eigenvalue weighted by Gasteiger charge is 2.22. The number of hydrogen-bond acceptors (Lipinski definition) is 4. The van der Waals surface area contributed by atoms with E-state index in [0.717, 1.165) is 12.0 Å². The van der Waals surface area contributed by atoms with Gasteiger partial charge in [0.25, 0.3) is 10.1 Å². The lowest BCUT2D eigenvalue weighted by Gasteiger charge is -2.12. The van der Waals surface area contributed by atoms with Gasteiger partial charge in [0.15, 0.2) is 5.78 Å². The molecule has 0 bridgehead atoms. The molecule has 0 radical (unpaired) electrons. The van der Waals surface area contributed by atoms with Crippen molar-refractivity contribution in [1.82, 2.24) is 0 Å². The molecule has 1 aromatic carbocycles. The van der Waals surface area contributed by atoms with Crippen molar-refractivity contribution >= 4 is 15.9 Å². The van der Waals surface area contributed by atoms with Gasteiger partial charge in [-0.25, -0.2) is 0 Å². The fourth-order valence-corrected chi connectivity index (χ4v) is 3.67. The molecule has 0 aromatic heterocycles. The molecule has 0 fully saturated rings. The van der Waals surface area contributed by atoms with Crippen LogP contribution in [-0.4, -0.2) is 20.8 Å². The van der Waals surface area contributed by atoms with Gasteiger partial charge in [-0.2, -0.15) is 8.42 Å². The molecular formula is C16H24O4S. The van der Waals surface area contributed by atoms with Crippen molar-refractivity contribution in [3.8, 4) is 0 Å². The van der Waals surface area contributed by atoms with E-state index in [1.165, 1.54) is 0 Å². The van der Waals surface area contributed by atoms with Crippen LogP contribution in [0, 0.1) is 26.7 Å². The predicted octanol–water partition coefficient (Wildman–Crippen LogP) is 3.32. The Morgan fingerprint density at radius 2 is 1.71 bits per heavy atom. The summed E-state index contributed by atoms with van der Waals surface area (Å²) in [4.78, 5) is 11.9. The Morgan fingerprint density at radius 3 is 2.19 bits per heavy atom. The normalized spacial score (nSPS) is 13.2. The zero-order chi connectivity index (χ0) is 16.2. The number of carbonyl (C=O) groups excluding carboxylic acids is 1. The molecule has 1 unspecified atom stereocenters. The van der Waals surface area contributed by atoms with E-state index < -0.39 is 10.1 Å². The fraction of sp³-hybridized carbons (Fsp3) is 0.562. The van der Waals surface area contributed by atoms with Crippen molar-refractivity contribution in [1.29, 1.82) is 0 Å². The second-order valence-corrected chi connectivity index (χ2v) is 7.25. The molecule has 0 saturated heterocycles. The number of ketones is 1. The van der Waals surface area contributed by atoms with Gasteiger partial charge in [0.1, 0.15) is 6.61 Å². The lowest BCUT2D eigenvalue weighted by molar-refractivity contribution is -0.121.